The Kier molecular flexibility index (Phi) is 5.54. The van der Waals surface area contributed by atoms with Crippen molar-refractivity contribution in [2.45, 2.75) is 26.8 Å². The molecule has 0 fully saturated rings. The number of aromatic amines is 1. The van der Waals surface area contributed by atoms with Crippen molar-refractivity contribution in [3.05, 3.63) is 71.4 Å². The van der Waals surface area contributed by atoms with Crippen LogP contribution in [-0.2, 0) is 6.54 Å². The zero-order chi connectivity index (χ0) is 23.7. The number of aromatic nitrogens is 7. The van der Waals surface area contributed by atoms with E-state index in [1.807, 2.05) is 59.5 Å². The largest absolute Gasteiger partial charge is 0.478 e. The Balaban J connectivity index is 1.52. The van der Waals surface area contributed by atoms with E-state index in [2.05, 4.69) is 25.6 Å². The number of nitrogens with one attached hydrogen (secondary N) is 1. The number of fused-ring (bicyclic) bond motifs is 1. The lowest BCUT2D eigenvalue weighted by Crippen LogP contribution is -2.08. The summed E-state index contributed by atoms with van der Waals surface area (Å²) in [6.45, 7) is 4.95. The summed E-state index contributed by atoms with van der Waals surface area (Å²) in [5.74, 6) is -0.414. The Morgan fingerprint density at radius 3 is 2.71 bits per heavy atom. The highest BCUT2D eigenvalue weighted by Gasteiger charge is 2.19. The first-order chi connectivity index (χ1) is 16.5. The summed E-state index contributed by atoms with van der Waals surface area (Å²) in [7, 11) is 0. The first-order valence-electron chi connectivity index (χ1n) is 10.9. The number of carboxylic acid groups (broad SMARTS) is 1. The number of imidazole rings is 1. The molecule has 3 aromatic heterocycles. The lowest BCUT2D eigenvalue weighted by Gasteiger charge is -2.12. The zero-order valence-corrected chi connectivity index (χ0v) is 18.8. The highest BCUT2D eigenvalue weighted by Crippen LogP contribution is 2.27. The second kappa shape index (κ2) is 8.81. The minimum atomic E-state index is -0.999. The summed E-state index contributed by atoms with van der Waals surface area (Å²) in [6.07, 6.45) is 2.84. The fourth-order valence-electron chi connectivity index (χ4n) is 3.99. The van der Waals surface area contributed by atoms with Crippen LogP contribution in [0.1, 0.15) is 34.8 Å². The summed E-state index contributed by atoms with van der Waals surface area (Å²) in [6, 6.07) is 15.5. The van der Waals surface area contributed by atoms with Gasteiger partial charge in [0.05, 0.1) is 35.4 Å². The van der Waals surface area contributed by atoms with Crippen LogP contribution in [0, 0.1) is 6.92 Å². The van der Waals surface area contributed by atoms with E-state index in [1.54, 1.807) is 18.2 Å². The molecule has 5 rings (SSSR count). The van der Waals surface area contributed by atoms with Crippen molar-refractivity contribution < 1.29 is 14.6 Å². The average Bonchev–Trinajstić information content (AvgIpc) is 3.57. The number of hydrogen-bond acceptors (Lipinski definition) is 6. The number of para-hydroxylation sites is 1. The molecule has 0 radical (unpaired) electrons. The Morgan fingerprint density at radius 2 is 2.00 bits per heavy atom. The minimum absolute atomic E-state index is 0.195. The van der Waals surface area contributed by atoms with Gasteiger partial charge in [0, 0.05) is 11.9 Å². The number of carbonyl (C=O) groups is 1. The summed E-state index contributed by atoms with van der Waals surface area (Å²) in [4.78, 5) is 16.4. The van der Waals surface area contributed by atoms with Crippen LogP contribution < -0.4 is 4.74 Å². The molecule has 0 atom stereocenters. The molecule has 0 unspecified atom stereocenters. The van der Waals surface area contributed by atoms with Crippen LogP contribution in [0.25, 0.3) is 28.2 Å². The van der Waals surface area contributed by atoms with E-state index >= 15 is 0 Å². The molecule has 0 saturated carbocycles. The van der Waals surface area contributed by atoms with Crippen molar-refractivity contribution >= 4 is 17.0 Å². The van der Waals surface area contributed by atoms with Gasteiger partial charge in [-0.05, 0) is 65.2 Å². The van der Waals surface area contributed by atoms with E-state index in [0.29, 0.717) is 36.0 Å². The number of carboxylic acids is 1. The molecule has 0 amide bonds. The number of hydrogen-bond donors (Lipinski definition) is 2. The number of aromatic carboxylic acids is 1. The Hall–Kier alpha value is -4.47. The standard InChI is InChI=1S/C24H23N7O3/c1-3-11-34-24-25-19-6-4-5-18(23(32)33)21(19)31(24)14-16-7-9-17(10-8-16)30-13-15(2)12-20(30)22-26-28-29-27-22/h4-10,12-13H,3,11,14H2,1-2H3,(H,32,33)(H,26,27,28,29). The molecule has 0 spiro atoms. The topological polar surface area (TPSA) is 124 Å². The van der Waals surface area contributed by atoms with Gasteiger partial charge in [0.25, 0.3) is 6.01 Å². The quantitative estimate of drug-likeness (QED) is 0.363. The second-order valence-electron chi connectivity index (χ2n) is 8.00. The van der Waals surface area contributed by atoms with Gasteiger partial charge in [0.1, 0.15) is 0 Å². The maximum absolute atomic E-state index is 11.9. The first kappa shape index (κ1) is 21.4. The highest BCUT2D eigenvalue weighted by molar-refractivity contribution is 6.01. The monoisotopic (exact) mass is 457 g/mol. The molecular weight excluding hydrogens is 434 g/mol. The van der Waals surface area contributed by atoms with Crippen LogP contribution in [-0.4, -0.2) is 52.4 Å². The molecular formula is C24H23N7O3. The second-order valence-corrected chi connectivity index (χ2v) is 8.00. The summed E-state index contributed by atoms with van der Waals surface area (Å²) in [5, 5.41) is 23.9. The molecule has 2 N–H and O–H groups in total. The van der Waals surface area contributed by atoms with Gasteiger partial charge in [-0.2, -0.15) is 4.98 Å². The molecule has 2 aromatic carbocycles. The van der Waals surface area contributed by atoms with Gasteiger partial charge in [-0.3, -0.25) is 4.57 Å². The average molecular weight is 457 g/mol. The maximum Gasteiger partial charge on any atom is 0.337 e. The van der Waals surface area contributed by atoms with Gasteiger partial charge in [0.15, 0.2) is 5.82 Å². The lowest BCUT2D eigenvalue weighted by molar-refractivity contribution is 0.0698. The fraction of sp³-hybridized carbons (Fsp3) is 0.208. The predicted molar refractivity (Wildman–Crippen MR) is 125 cm³/mol. The predicted octanol–water partition coefficient (Wildman–Crippen LogP) is 3.85. The number of H-pyrrole nitrogens is 1. The van der Waals surface area contributed by atoms with E-state index in [4.69, 9.17) is 4.74 Å². The third kappa shape index (κ3) is 3.90. The van der Waals surface area contributed by atoms with Crippen molar-refractivity contribution in [3.63, 3.8) is 0 Å². The van der Waals surface area contributed by atoms with Gasteiger partial charge >= 0.3 is 5.97 Å². The SMILES string of the molecule is CCCOc1nc2cccc(C(=O)O)c2n1Cc1ccc(-n2cc(C)cc2-c2nnn[nH]2)cc1. The number of aryl methyl sites for hydroxylation is 1. The van der Waals surface area contributed by atoms with Crippen LogP contribution in [0.5, 0.6) is 6.01 Å². The zero-order valence-electron chi connectivity index (χ0n) is 18.8. The van der Waals surface area contributed by atoms with Crippen LogP contribution in [0.15, 0.2) is 54.7 Å². The molecule has 10 nitrogen and oxygen atoms in total. The molecule has 0 bridgehead atoms. The fourth-order valence-corrected chi connectivity index (χ4v) is 3.99. The van der Waals surface area contributed by atoms with Crippen LogP contribution in [0.4, 0.5) is 0 Å². The molecule has 0 aliphatic rings. The van der Waals surface area contributed by atoms with E-state index in [-0.39, 0.29) is 5.56 Å². The lowest BCUT2D eigenvalue weighted by atomic mass is 10.1. The highest BCUT2D eigenvalue weighted by atomic mass is 16.5. The number of tetrazole rings is 1. The van der Waals surface area contributed by atoms with Gasteiger partial charge in [-0.15, -0.1) is 5.10 Å². The van der Waals surface area contributed by atoms with Crippen molar-refractivity contribution in [1.29, 1.82) is 0 Å². The Labute approximate surface area is 194 Å². The third-order valence-corrected chi connectivity index (χ3v) is 5.50. The van der Waals surface area contributed by atoms with Crippen molar-refractivity contribution in [2.75, 3.05) is 6.61 Å². The van der Waals surface area contributed by atoms with Gasteiger partial charge in [0.2, 0.25) is 0 Å². The molecule has 172 valence electrons. The summed E-state index contributed by atoms with van der Waals surface area (Å²) < 4.78 is 9.71. The van der Waals surface area contributed by atoms with Crippen molar-refractivity contribution in [3.8, 4) is 23.2 Å². The van der Waals surface area contributed by atoms with Gasteiger partial charge < -0.3 is 14.4 Å². The van der Waals surface area contributed by atoms with Crippen molar-refractivity contribution in [1.82, 2.24) is 34.7 Å². The van der Waals surface area contributed by atoms with E-state index < -0.39 is 5.97 Å². The molecule has 3 heterocycles. The van der Waals surface area contributed by atoms with Gasteiger partial charge in [-0.25, -0.2) is 9.89 Å². The van der Waals surface area contributed by atoms with E-state index in [9.17, 15) is 9.90 Å². The molecule has 5 aromatic rings. The van der Waals surface area contributed by atoms with Crippen LogP contribution >= 0.6 is 0 Å². The molecule has 0 aliphatic heterocycles. The smallest absolute Gasteiger partial charge is 0.337 e. The number of benzene rings is 2. The Morgan fingerprint density at radius 1 is 1.18 bits per heavy atom. The number of rotatable bonds is 8. The molecule has 0 saturated heterocycles. The minimum Gasteiger partial charge on any atom is -0.478 e. The normalized spacial score (nSPS) is 11.2. The third-order valence-electron chi connectivity index (χ3n) is 5.50. The van der Waals surface area contributed by atoms with Crippen LogP contribution in [0.2, 0.25) is 0 Å². The first-order valence-corrected chi connectivity index (χ1v) is 10.9. The Bertz CT molecular complexity index is 1450. The number of ether oxygens (including phenoxy) is 1. The number of nitrogens with zero attached hydrogens (tertiary/aromatic N) is 6. The molecule has 34 heavy (non-hydrogen) atoms. The maximum atomic E-state index is 11.9. The summed E-state index contributed by atoms with van der Waals surface area (Å²) >= 11 is 0. The van der Waals surface area contributed by atoms with Crippen LogP contribution in [0.3, 0.4) is 0 Å². The van der Waals surface area contributed by atoms with Gasteiger partial charge in [-0.1, -0.05) is 25.1 Å². The molecule has 10 heteroatoms. The van der Waals surface area contributed by atoms with E-state index in [1.165, 1.54) is 0 Å². The summed E-state index contributed by atoms with van der Waals surface area (Å²) in [5.41, 5.74) is 5.21. The van der Waals surface area contributed by atoms with E-state index in [0.717, 1.165) is 28.9 Å². The van der Waals surface area contributed by atoms with Crippen molar-refractivity contribution in [2.24, 2.45) is 0 Å². The molecule has 0 aliphatic carbocycles.